The fourth-order valence-corrected chi connectivity index (χ4v) is 1.43. The van der Waals surface area contributed by atoms with Crippen molar-refractivity contribution in [2.75, 3.05) is 7.11 Å². The van der Waals surface area contributed by atoms with Gasteiger partial charge >= 0.3 is 0 Å². The summed E-state index contributed by atoms with van der Waals surface area (Å²) in [6.45, 7) is 0.617. The summed E-state index contributed by atoms with van der Waals surface area (Å²) in [5.41, 5.74) is 4.78. The fraction of sp³-hybridized carbons (Fsp3) is 0.200. The van der Waals surface area contributed by atoms with Gasteiger partial charge in [-0.3, -0.25) is 0 Å². The molecule has 0 aliphatic rings. The summed E-state index contributed by atoms with van der Waals surface area (Å²) < 4.78 is 0. The molecule has 0 spiro atoms. The molecule has 1 aromatic heterocycles. The van der Waals surface area contributed by atoms with Crippen LogP contribution >= 0.6 is 0 Å². The number of aromatic amines is 1. The molecule has 4 heteroatoms. The second kappa shape index (κ2) is 3.69. The topological polar surface area (TPSA) is 57.3 Å². The number of hydroxylamine groups is 1. The Morgan fingerprint density at radius 1 is 1.43 bits per heavy atom. The van der Waals surface area contributed by atoms with E-state index in [-0.39, 0.29) is 5.75 Å². The van der Waals surface area contributed by atoms with Gasteiger partial charge in [0, 0.05) is 16.6 Å². The van der Waals surface area contributed by atoms with Crippen LogP contribution in [0.2, 0.25) is 0 Å². The lowest BCUT2D eigenvalue weighted by atomic mass is 10.2. The Morgan fingerprint density at radius 2 is 2.29 bits per heavy atom. The zero-order chi connectivity index (χ0) is 9.97. The highest BCUT2D eigenvalue weighted by atomic mass is 16.6. The molecule has 14 heavy (non-hydrogen) atoms. The first-order valence-corrected chi connectivity index (χ1v) is 4.36. The molecule has 2 aromatic rings. The van der Waals surface area contributed by atoms with Crippen LogP contribution in [0.5, 0.6) is 5.75 Å². The van der Waals surface area contributed by atoms with Crippen LogP contribution in [0.15, 0.2) is 24.3 Å². The highest BCUT2D eigenvalue weighted by Gasteiger charge is 2.00. The summed E-state index contributed by atoms with van der Waals surface area (Å²) in [4.78, 5) is 7.95. The molecule has 74 valence electrons. The van der Waals surface area contributed by atoms with Gasteiger partial charge in [0.25, 0.3) is 0 Å². The number of fused-ring (bicyclic) bond motifs is 1. The Balaban J connectivity index is 2.32. The Bertz CT molecular complexity index is 437. The van der Waals surface area contributed by atoms with Crippen LogP contribution in [-0.2, 0) is 11.4 Å². The van der Waals surface area contributed by atoms with Crippen LogP contribution in [0.4, 0.5) is 0 Å². The van der Waals surface area contributed by atoms with E-state index in [1.165, 1.54) is 0 Å². The molecule has 0 aliphatic heterocycles. The Kier molecular flexibility index (Phi) is 2.39. The van der Waals surface area contributed by atoms with E-state index in [1.54, 1.807) is 19.2 Å². The maximum Gasteiger partial charge on any atom is 0.116 e. The number of rotatable bonds is 3. The van der Waals surface area contributed by atoms with Crippen molar-refractivity contribution in [1.29, 1.82) is 0 Å². The molecule has 0 fully saturated rings. The summed E-state index contributed by atoms with van der Waals surface area (Å²) >= 11 is 0. The maximum absolute atomic E-state index is 9.26. The van der Waals surface area contributed by atoms with Crippen molar-refractivity contribution in [2.24, 2.45) is 0 Å². The van der Waals surface area contributed by atoms with E-state index in [1.807, 2.05) is 12.1 Å². The van der Waals surface area contributed by atoms with Crippen molar-refractivity contribution < 1.29 is 9.94 Å². The molecule has 0 unspecified atom stereocenters. The Morgan fingerprint density at radius 3 is 3.07 bits per heavy atom. The summed E-state index contributed by atoms with van der Waals surface area (Å²) in [7, 11) is 1.58. The van der Waals surface area contributed by atoms with Crippen LogP contribution in [0, 0.1) is 0 Å². The minimum Gasteiger partial charge on any atom is -0.508 e. The largest absolute Gasteiger partial charge is 0.508 e. The monoisotopic (exact) mass is 192 g/mol. The minimum atomic E-state index is 0.280. The van der Waals surface area contributed by atoms with Gasteiger partial charge in [-0.1, -0.05) is 0 Å². The number of aromatic nitrogens is 1. The van der Waals surface area contributed by atoms with Crippen molar-refractivity contribution in [3.05, 3.63) is 30.0 Å². The molecule has 3 N–H and O–H groups in total. The first-order valence-electron chi connectivity index (χ1n) is 4.36. The smallest absolute Gasteiger partial charge is 0.116 e. The molecule has 0 amide bonds. The highest BCUT2D eigenvalue weighted by Crippen LogP contribution is 2.20. The van der Waals surface area contributed by atoms with Gasteiger partial charge in [0.05, 0.1) is 13.7 Å². The third kappa shape index (κ3) is 1.71. The molecule has 0 radical (unpaired) electrons. The minimum absolute atomic E-state index is 0.280. The van der Waals surface area contributed by atoms with Crippen LogP contribution < -0.4 is 5.48 Å². The van der Waals surface area contributed by atoms with Gasteiger partial charge < -0.3 is 14.9 Å². The quantitative estimate of drug-likeness (QED) is 0.646. The predicted molar refractivity (Wildman–Crippen MR) is 53.8 cm³/mol. The maximum atomic E-state index is 9.26. The van der Waals surface area contributed by atoms with Gasteiger partial charge in [-0.2, -0.15) is 5.48 Å². The van der Waals surface area contributed by atoms with Gasteiger partial charge in [0.1, 0.15) is 5.75 Å². The number of H-pyrrole nitrogens is 1. The standard InChI is InChI=1S/C10H12N2O2/c1-14-11-6-8-4-7-5-9(13)2-3-10(7)12-8/h2-5,11-13H,6H2,1H3. The van der Waals surface area contributed by atoms with Crippen LogP contribution in [-0.4, -0.2) is 17.2 Å². The van der Waals surface area contributed by atoms with Crippen LogP contribution in [0.1, 0.15) is 5.69 Å². The van der Waals surface area contributed by atoms with E-state index < -0.39 is 0 Å². The lowest BCUT2D eigenvalue weighted by Gasteiger charge is -1.96. The SMILES string of the molecule is CONCc1cc2cc(O)ccc2[nH]1. The summed E-state index contributed by atoms with van der Waals surface area (Å²) in [6.07, 6.45) is 0. The number of aromatic hydroxyl groups is 1. The van der Waals surface area contributed by atoms with E-state index in [0.29, 0.717) is 6.54 Å². The van der Waals surface area contributed by atoms with E-state index in [2.05, 4.69) is 10.5 Å². The molecule has 0 saturated carbocycles. The molecular formula is C10H12N2O2. The van der Waals surface area contributed by atoms with Gasteiger partial charge in [-0.25, -0.2) is 0 Å². The fourth-order valence-electron chi connectivity index (χ4n) is 1.43. The number of hydrogen-bond acceptors (Lipinski definition) is 3. The van der Waals surface area contributed by atoms with Crippen molar-refractivity contribution in [3.8, 4) is 5.75 Å². The average molecular weight is 192 g/mol. The lowest BCUT2D eigenvalue weighted by molar-refractivity contribution is 0.0860. The molecule has 2 rings (SSSR count). The molecule has 1 aromatic carbocycles. The summed E-state index contributed by atoms with van der Waals surface area (Å²) in [5.74, 6) is 0.280. The van der Waals surface area contributed by atoms with Crippen molar-refractivity contribution in [3.63, 3.8) is 0 Å². The molecule has 0 aliphatic carbocycles. The summed E-state index contributed by atoms with van der Waals surface area (Å²) in [5, 5.41) is 10.3. The number of hydrogen-bond donors (Lipinski definition) is 3. The zero-order valence-electron chi connectivity index (χ0n) is 7.87. The molecule has 0 bridgehead atoms. The van der Waals surface area contributed by atoms with E-state index in [9.17, 15) is 5.11 Å². The number of benzene rings is 1. The second-order valence-corrected chi connectivity index (χ2v) is 3.09. The van der Waals surface area contributed by atoms with Crippen LogP contribution in [0.25, 0.3) is 10.9 Å². The predicted octanol–water partition coefficient (Wildman–Crippen LogP) is 1.52. The van der Waals surface area contributed by atoms with E-state index >= 15 is 0 Å². The molecule has 1 heterocycles. The average Bonchev–Trinajstić information content (AvgIpc) is 2.56. The Labute approximate surface area is 81.5 Å². The molecule has 4 nitrogen and oxygen atoms in total. The van der Waals surface area contributed by atoms with Gasteiger partial charge in [0.15, 0.2) is 0 Å². The lowest BCUT2D eigenvalue weighted by Crippen LogP contribution is -2.10. The van der Waals surface area contributed by atoms with Crippen molar-refractivity contribution in [2.45, 2.75) is 6.54 Å². The number of phenolic OH excluding ortho intramolecular Hbond substituents is 1. The normalized spacial score (nSPS) is 10.9. The van der Waals surface area contributed by atoms with Crippen molar-refractivity contribution >= 4 is 10.9 Å². The van der Waals surface area contributed by atoms with Crippen LogP contribution in [0.3, 0.4) is 0 Å². The van der Waals surface area contributed by atoms with Crippen molar-refractivity contribution in [1.82, 2.24) is 10.5 Å². The zero-order valence-corrected chi connectivity index (χ0v) is 7.87. The Hall–Kier alpha value is -1.52. The van der Waals surface area contributed by atoms with E-state index in [4.69, 9.17) is 4.84 Å². The van der Waals surface area contributed by atoms with Gasteiger partial charge in [0.2, 0.25) is 0 Å². The molecule has 0 atom stereocenters. The number of phenols is 1. The summed E-state index contributed by atoms with van der Waals surface area (Å²) in [6, 6.07) is 7.20. The third-order valence-corrected chi connectivity index (χ3v) is 2.07. The number of nitrogens with one attached hydrogen (secondary N) is 2. The first kappa shape index (κ1) is 9.05. The van der Waals surface area contributed by atoms with E-state index in [0.717, 1.165) is 16.6 Å². The van der Waals surface area contributed by atoms with Gasteiger partial charge in [-0.05, 0) is 24.3 Å². The first-order chi connectivity index (χ1) is 6.79. The van der Waals surface area contributed by atoms with Gasteiger partial charge in [-0.15, -0.1) is 0 Å². The second-order valence-electron chi connectivity index (χ2n) is 3.09. The molecular weight excluding hydrogens is 180 g/mol. The highest BCUT2D eigenvalue weighted by molar-refractivity contribution is 5.81. The molecule has 0 saturated heterocycles. The third-order valence-electron chi connectivity index (χ3n) is 2.07.